The first-order valence-electron chi connectivity index (χ1n) is 8.44. The molecule has 0 aliphatic carbocycles. The van der Waals surface area contributed by atoms with Gasteiger partial charge >= 0.3 is 0 Å². The van der Waals surface area contributed by atoms with Crippen LogP contribution in [0.2, 0.25) is 5.02 Å². The smallest absolute Gasteiger partial charge is 0.161 e. The molecule has 0 saturated heterocycles. The monoisotopic (exact) mass is 357 g/mol. The molecule has 0 saturated carbocycles. The fourth-order valence-corrected chi connectivity index (χ4v) is 3.44. The summed E-state index contributed by atoms with van der Waals surface area (Å²) in [6.45, 7) is 8.28. The summed E-state index contributed by atoms with van der Waals surface area (Å²) in [6, 6.07) is 12.3. The molecule has 1 heterocycles. The van der Waals surface area contributed by atoms with Crippen LogP contribution in [0.5, 0.6) is 11.5 Å². The Balaban J connectivity index is 2.14. The molecule has 25 heavy (non-hydrogen) atoms. The van der Waals surface area contributed by atoms with Gasteiger partial charge in [-0.1, -0.05) is 30.3 Å². The van der Waals surface area contributed by atoms with Crippen LogP contribution in [-0.4, -0.2) is 25.2 Å². The number of likely N-dealkylation sites (N-methyl/N-ethyl adjacent to an activating group) is 1. The van der Waals surface area contributed by atoms with E-state index in [0.29, 0.717) is 0 Å². The van der Waals surface area contributed by atoms with E-state index < -0.39 is 0 Å². The number of halogens is 1. The number of methoxy groups -OCH3 is 1. The molecule has 0 bridgehead atoms. The summed E-state index contributed by atoms with van der Waals surface area (Å²) in [5.41, 5.74) is 4.69. The second-order valence-electron chi connectivity index (χ2n) is 6.68. The van der Waals surface area contributed by atoms with Crippen LogP contribution in [0.15, 0.2) is 48.7 Å². The molecule has 0 N–H and O–H groups in total. The maximum atomic E-state index is 6.07. The van der Waals surface area contributed by atoms with E-state index in [-0.39, 0.29) is 12.1 Å². The molecule has 2 aromatic rings. The highest BCUT2D eigenvalue weighted by atomic mass is 35.5. The quantitative estimate of drug-likeness (QED) is 0.748. The molecule has 3 nitrogen and oxygen atoms in total. The number of benzene rings is 2. The lowest BCUT2D eigenvalue weighted by atomic mass is 9.87. The van der Waals surface area contributed by atoms with E-state index in [1.807, 2.05) is 26.0 Å². The van der Waals surface area contributed by atoms with Crippen molar-refractivity contribution in [3.63, 3.8) is 0 Å². The first kappa shape index (κ1) is 17.7. The second-order valence-corrected chi connectivity index (χ2v) is 7.11. The second kappa shape index (κ2) is 7.01. The highest BCUT2D eigenvalue weighted by Crippen LogP contribution is 2.43. The van der Waals surface area contributed by atoms with Crippen molar-refractivity contribution in [3.05, 3.63) is 70.4 Å². The van der Waals surface area contributed by atoms with Crippen LogP contribution < -0.4 is 9.47 Å². The van der Waals surface area contributed by atoms with Crippen LogP contribution in [0.25, 0.3) is 0 Å². The molecule has 4 heteroatoms. The minimum absolute atomic E-state index is 0.0777. The lowest BCUT2D eigenvalue weighted by Gasteiger charge is -2.38. The zero-order valence-corrected chi connectivity index (χ0v) is 15.9. The van der Waals surface area contributed by atoms with Crippen molar-refractivity contribution in [1.29, 1.82) is 0 Å². The van der Waals surface area contributed by atoms with E-state index >= 15 is 0 Å². The molecule has 0 spiro atoms. The zero-order chi connectivity index (χ0) is 18.1. The fourth-order valence-electron chi connectivity index (χ4n) is 3.31. The summed E-state index contributed by atoms with van der Waals surface area (Å²) in [5, 5.41) is 0.736. The molecule has 132 valence electrons. The number of hydrogen-bond donors (Lipinski definition) is 0. The number of hydrogen-bond acceptors (Lipinski definition) is 3. The molecule has 1 aliphatic rings. The molecular weight excluding hydrogens is 334 g/mol. The number of fused-ring (bicyclic) bond motifs is 1. The van der Waals surface area contributed by atoms with E-state index in [1.165, 1.54) is 16.7 Å². The van der Waals surface area contributed by atoms with Gasteiger partial charge in [0, 0.05) is 24.2 Å². The average molecular weight is 358 g/mol. The van der Waals surface area contributed by atoms with Crippen molar-refractivity contribution >= 4 is 11.6 Å². The van der Waals surface area contributed by atoms with Gasteiger partial charge in [-0.15, -0.1) is 0 Å². The Morgan fingerprint density at radius 2 is 1.84 bits per heavy atom. The minimum Gasteiger partial charge on any atom is -0.493 e. The van der Waals surface area contributed by atoms with E-state index in [4.69, 9.17) is 21.1 Å². The standard InChI is InChI=1S/C21H24ClNO2/c1-13(2)25-20-12-18-16(11-19(20)24-5)10-14(3)23(4)21(18)15-6-8-17(22)9-7-15/h6-9,11-13,21H,3,10H2,1-2,4-5H3/t21-/m0/s1. The maximum absolute atomic E-state index is 6.07. The van der Waals surface area contributed by atoms with E-state index in [9.17, 15) is 0 Å². The molecule has 0 aromatic heterocycles. The molecule has 1 atom stereocenters. The Morgan fingerprint density at radius 1 is 1.16 bits per heavy atom. The summed E-state index contributed by atoms with van der Waals surface area (Å²) >= 11 is 6.07. The Labute approximate surface area is 154 Å². The molecule has 0 fully saturated rings. The largest absolute Gasteiger partial charge is 0.493 e. The van der Waals surface area contributed by atoms with Gasteiger partial charge in [-0.3, -0.25) is 0 Å². The van der Waals surface area contributed by atoms with Gasteiger partial charge in [-0.05, 0) is 54.8 Å². The van der Waals surface area contributed by atoms with Crippen LogP contribution in [0.1, 0.15) is 36.6 Å². The van der Waals surface area contributed by atoms with Gasteiger partial charge in [-0.25, -0.2) is 0 Å². The fraction of sp³-hybridized carbons (Fsp3) is 0.333. The van der Waals surface area contributed by atoms with Crippen LogP contribution in [0.4, 0.5) is 0 Å². The van der Waals surface area contributed by atoms with Crippen molar-refractivity contribution in [1.82, 2.24) is 4.90 Å². The Kier molecular flexibility index (Phi) is 4.96. The zero-order valence-electron chi connectivity index (χ0n) is 15.2. The number of nitrogens with zero attached hydrogens (tertiary/aromatic N) is 1. The number of ether oxygens (including phenoxy) is 2. The van der Waals surface area contributed by atoms with Gasteiger partial charge < -0.3 is 14.4 Å². The van der Waals surface area contributed by atoms with Crippen molar-refractivity contribution in [2.45, 2.75) is 32.4 Å². The lowest BCUT2D eigenvalue weighted by molar-refractivity contribution is 0.228. The summed E-state index contributed by atoms with van der Waals surface area (Å²) in [7, 11) is 3.76. The van der Waals surface area contributed by atoms with Gasteiger partial charge in [0.25, 0.3) is 0 Å². The van der Waals surface area contributed by atoms with Crippen molar-refractivity contribution < 1.29 is 9.47 Å². The Morgan fingerprint density at radius 3 is 2.44 bits per heavy atom. The van der Waals surface area contributed by atoms with Crippen LogP contribution in [0, 0.1) is 0 Å². The highest BCUT2D eigenvalue weighted by Gasteiger charge is 2.30. The van der Waals surface area contributed by atoms with Gasteiger partial charge in [0.2, 0.25) is 0 Å². The maximum Gasteiger partial charge on any atom is 0.161 e. The number of rotatable bonds is 4. The summed E-state index contributed by atoms with van der Waals surface area (Å²) < 4.78 is 11.5. The SMILES string of the molecule is C=C1Cc2cc(OC)c(OC(C)C)cc2[C@H](c2ccc(Cl)cc2)N1C. The minimum atomic E-state index is 0.0777. The molecule has 0 amide bonds. The van der Waals surface area contributed by atoms with Crippen LogP contribution in [0.3, 0.4) is 0 Å². The lowest BCUT2D eigenvalue weighted by Crippen LogP contribution is -2.31. The predicted molar refractivity (Wildman–Crippen MR) is 103 cm³/mol. The highest BCUT2D eigenvalue weighted by molar-refractivity contribution is 6.30. The van der Waals surface area contributed by atoms with Gasteiger partial charge in [0.05, 0.1) is 19.3 Å². The first-order chi connectivity index (χ1) is 11.9. The van der Waals surface area contributed by atoms with Crippen molar-refractivity contribution in [2.24, 2.45) is 0 Å². The Bertz CT molecular complexity index is 783. The molecule has 0 unspecified atom stereocenters. The van der Waals surface area contributed by atoms with Crippen LogP contribution in [-0.2, 0) is 6.42 Å². The van der Waals surface area contributed by atoms with E-state index in [1.54, 1.807) is 7.11 Å². The third-order valence-corrected chi connectivity index (χ3v) is 4.80. The van der Waals surface area contributed by atoms with E-state index in [0.717, 1.165) is 28.6 Å². The van der Waals surface area contributed by atoms with Crippen molar-refractivity contribution in [2.75, 3.05) is 14.2 Å². The van der Waals surface area contributed by atoms with Gasteiger partial charge in [0.15, 0.2) is 11.5 Å². The molecule has 3 rings (SSSR count). The van der Waals surface area contributed by atoms with Crippen LogP contribution >= 0.6 is 11.6 Å². The predicted octanol–water partition coefficient (Wildman–Crippen LogP) is 5.23. The summed E-state index contributed by atoms with van der Waals surface area (Å²) in [6.07, 6.45) is 0.881. The van der Waals surface area contributed by atoms with Gasteiger partial charge in [-0.2, -0.15) is 0 Å². The topological polar surface area (TPSA) is 21.7 Å². The van der Waals surface area contributed by atoms with Gasteiger partial charge in [0.1, 0.15) is 0 Å². The molecule has 2 aromatic carbocycles. The third kappa shape index (κ3) is 3.47. The third-order valence-electron chi connectivity index (χ3n) is 4.55. The first-order valence-corrected chi connectivity index (χ1v) is 8.82. The number of allylic oxidation sites excluding steroid dienone is 1. The van der Waals surface area contributed by atoms with Crippen molar-refractivity contribution in [3.8, 4) is 11.5 Å². The molecular formula is C21H24ClNO2. The summed E-state index contributed by atoms with van der Waals surface area (Å²) in [4.78, 5) is 2.22. The van der Waals surface area contributed by atoms with E-state index in [2.05, 4.69) is 42.8 Å². The Hall–Kier alpha value is -2.13. The molecule has 1 aliphatic heterocycles. The average Bonchev–Trinajstić information content (AvgIpc) is 2.57. The normalized spacial score (nSPS) is 16.8. The molecule has 0 radical (unpaired) electrons. The summed E-state index contributed by atoms with van der Waals surface area (Å²) in [5.74, 6) is 1.54.